The van der Waals surface area contributed by atoms with Gasteiger partial charge in [0.25, 0.3) is 0 Å². The number of sulfonamides is 1. The molecule has 39 heavy (non-hydrogen) atoms. The predicted molar refractivity (Wildman–Crippen MR) is 139 cm³/mol. The summed E-state index contributed by atoms with van der Waals surface area (Å²) in [6, 6.07) is 12.6. The minimum Gasteiger partial charge on any atom is -0.462 e. The minimum atomic E-state index is -4.00. The van der Waals surface area contributed by atoms with E-state index in [4.69, 9.17) is 19.9 Å². The highest BCUT2D eigenvalue weighted by Crippen LogP contribution is 2.54. The highest BCUT2D eigenvalue weighted by Gasteiger charge is 2.61. The zero-order valence-corrected chi connectivity index (χ0v) is 22.2. The molecule has 3 aliphatic heterocycles. The first-order chi connectivity index (χ1) is 18.6. The Kier molecular flexibility index (Phi) is 6.79. The number of hydrogen-bond acceptors (Lipinski definition) is 9. The number of morpholine rings is 1. The Bertz CT molecular complexity index is 1540. The first-order valence-electron chi connectivity index (χ1n) is 12.3. The van der Waals surface area contributed by atoms with Gasteiger partial charge in [0.15, 0.2) is 5.78 Å². The number of carbonyl (C=O) groups is 3. The third kappa shape index (κ3) is 4.11. The lowest BCUT2D eigenvalue weighted by Crippen LogP contribution is -2.48. The SMILES string of the molecule is CCOC(=O)C1=C(N)OC(c2ccccc2)=C(C(C)=O)C12C(=O)Nc1ccc(S(=O)(=O)N3CCOCC3)cc12. The number of nitrogens with one attached hydrogen (secondary N) is 1. The highest BCUT2D eigenvalue weighted by molar-refractivity contribution is 7.89. The molecule has 3 heterocycles. The number of esters is 1. The molecule has 204 valence electrons. The van der Waals surface area contributed by atoms with Gasteiger partial charge in [0.1, 0.15) is 16.7 Å². The second-order valence-electron chi connectivity index (χ2n) is 9.12. The maximum Gasteiger partial charge on any atom is 0.341 e. The Morgan fingerprint density at radius 3 is 2.44 bits per heavy atom. The summed E-state index contributed by atoms with van der Waals surface area (Å²) in [4.78, 5) is 40.6. The van der Waals surface area contributed by atoms with Crippen LogP contribution in [0, 0.1) is 0 Å². The number of nitrogens with two attached hydrogens (primary N) is 1. The van der Waals surface area contributed by atoms with Gasteiger partial charge in [-0.25, -0.2) is 13.2 Å². The standard InChI is InChI=1S/C27H27N3O8S/c1-3-37-25(32)22-24(28)38-23(17-7-5-4-6-8-17)21(16(2)31)27(22)19-15-18(9-10-20(19)29-26(27)33)39(34,35)30-11-13-36-14-12-30/h4-10,15H,3,11-14,28H2,1-2H3,(H,29,33). The lowest BCUT2D eigenvalue weighted by atomic mass is 9.66. The number of nitrogens with zero attached hydrogens (tertiary/aromatic N) is 1. The molecular formula is C27H27N3O8S. The minimum absolute atomic E-state index is 0.0157. The van der Waals surface area contributed by atoms with E-state index in [2.05, 4.69) is 5.32 Å². The monoisotopic (exact) mass is 553 g/mol. The molecule has 1 unspecified atom stereocenters. The van der Waals surface area contributed by atoms with Gasteiger partial charge in [-0.3, -0.25) is 9.59 Å². The number of hydrogen-bond donors (Lipinski definition) is 2. The molecule has 0 aliphatic carbocycles. The Morgan fingerprint density at radius 2 is 1.79 bits per heavy atom. The Labute approximate surface area is 225 Å². The van der Waals surface area contributed by atoms with Gasteiger partial charge in [0.05, 0.1) is 30.3 Å². The van der Waals surface area contributed by atoms with Crippen LogP contribution < -0.4 is 11.1 Å². The van der Waals surface area contributed by atoms with E-state index in [-0.39, 0.29) is 60.4 Å². The van der Waals surface area contributed by atoms with Gasteiger partial charge in [-0.05, 0) is 32.0 Å². The van der Waals surface area contributed by atoms with E-state index in [9.17, 15) is 22.8 Å². The van der Waals surface area contributed by atoms with Crippen molar-refractivity contribution in [1.82, 2.24) is 4.31 Å². The van der Waals surface area contributed by atoms with Crippen molar-refractivity contribution in [3.63, 3.8) is 0 Å². The normalized spacial score (nSPS) is 21.4. The molecule has 2 aromatic carbocycles. The summed E-state index contributed by atoms with van der Waals surface area (Å²) in [5.74, 6) is -2.75. The van der Waals surface area contributed by atoms with Crippen LogP contribution in [0.2, 0.25) is 0 Å². The number of Topliss-reactive ketones (excluding diaryl/α,β-unsaturated/α-hetero) is 1. The molecule has 12 heteroatoms. The third-order valence-corrected chi connectivity index (χ3v) is 8.79. The van der Waals surface area contributed by atoms with Crippen molar-refractivity contribution in [2.45, 2.75) is 24.2 Å². The van der Waals surface area contributed by atoms with Gasteiger partial charge in [-0.15, -0.1) is 0 Å². The number of anilines is 1. The Balaban J connectivity index is 1.83. The Morgan fingerprint density at radius 1 is 1.10 bits per heavy atom. The van der Waals surface area contributed by atoms with Crippen LogP contribution in [0.1, 0.15) is 25.0 Å². The number of carbonyl (C=O) groups excluding carboxylic acids is 3. The first-order valence-corrected chi connectivity index (χ1v) is 13.8. The fourth-order valence-electron chi connectivity index (χ4n) is 5.24. The zero-order valence-electron chi connectivity index (χ0n) is 21.4. The maximum atomic E-state index is 14.0. The molecule has 2 aromatic rings. The van der Waals surface area contributed by atoms with E-state index in [0.717, 1.165) is 0 Å². The lowest BCUT2D eigenvalue weighted by molar-refractivity contribution is -0.140. The Hall–Kier alpha value is -4.00. The molecule has 0 radical (unpaired) electrons. The van der Waals surface area contributed by atoms with Gasteiger partial charge in [-0.2, -0.15) is 4.31 Å². The molecule has 1 saturated heterocycles. The number of amides is 1. The van der Waals surface area contributed by atoms with Crippen LogP contribution in [0.15, 0.2) is 70.5 Å². The summed E-state index contributed by atoms with van der Waals surface area (Å²) in [6.45, 7) is 3.59. The average molecular weight is 554 g/mol. The molecule has 3 N–H and O–H groups in total. The average Bonchev–Trinajstić information content (AvgIpc) is 3.20. The van der Waals surface area contributed by atoms with E-state index < -0.39 is 44.6 Å². The molecule has 1 atom stereocenters. The molecule has 0 saturated carbocycles. The smallest absolute Gasteiger partial charge is 0.341 e. The second-order valence-corrected chi connectivity index (χ2v) is 11.1. The van der Waals surface area contributed by atoms with Crippen molar-refractivity contribution in [2.75, 3.05) is 38.2 Å². The number of fused-ring (bicyclic) bond motifs is 2. The number of benzene rings is 2. The summed E-state index contributed by atoms with van der Waals surface area (Å²) in [5, 5.41) is 2.71. The van der Waals surface area contributed by atoms with Crippen molar-refractivity contribution in [1.29, 1.82) is 0 Å². The fourth-order valence-corrected chi connectivity index (χ4v) is 6.67. The van der Waals surface area contributed by atoms with Gasteiger partial charge in [0, 0.05) is 29.9 Å². The molecule has 11 nitrogen and oxygen atoms in total. The van der Waals surface area contributed by atoms with Crippen molar-refractivity contribution in [3.8, 4) is 0 Å². The summed E-state index contributed by atoms with van der Waals surface area (Å²) < 4.78 is 44.8. The molecule has 1 fully saturated rings. The van der Waals surface area contributed by atoms with E-state index in [1.807, 2.05) is 0 Å². The van der Waals surface area contributed by atoms with Gasteiger partial charge in [0.2, 0.25) is 21.8 Å². The van der Waals surface area contributed by atoms with Crippen molar-refractivity contribution >= 4 is 39.1 Å². The molecule has 0 aromatic heterocycles. The number of rotatable bonds is 6. The fraction of sp³-hybridized carbons (Fsp3) is 0.296. The van der Waals surface area contributed by atoms with Gasteiger partial charge >= 0.3 is 5.97 Å². The largest absolute Gasteiger partial charge is 0.462 e. The van der Waals surface area contributed by atoms with Crippen LogP contribution in [0.3, 0.4) is 0 Å². The van der Waals surface area contributed by atoms with E-state index in [1.165, 1.54) is 29.4 Å². The van der Waals surface area contributed by atoms with Crippen LogP contribution in [0.25, 0.3) is 5.76 Å². The van der Waals surface area contributed by atoms with Crippen LogP contribution in [-0.4, -0.2) is 63.3 Å². The highest BCUT2D eigenvalue weighted by atomic mass is 32.2. The van der Waals surface area contributed by atoms with Crippen LogP contribution >= 0.6 is 0 Å². The first kappa shape index (κ1) is 26.6. The van der Waals surface area contributed by atoms with Crippen molar-refractivity contribution in [2.24, 2.45) is 5.73 Å². The quantitative estimate of drug-likeness (QED) is 0.508. The van der Waals surface area contributed by atoms with E-state index in [1.54, 1.807) is 37.3 Å². The van der Waals surface area contributed by atoms with Gasteiger partial charge < -0.3 is 25.3 Å². The van der Waals surface area contributed by atoms with Crippen LogP contribution in [0.5, 0.6) is 0 Å². The maximum absolute atomic E-state index is 14.0. The molecule has 0 bridgehead atoms. The number of ketones is 1. The predicted octanol–water partition coefficient (Wildman–Crippen LogP) is 1.66. The summed E-state index contributed by atoms with van der Waals surface area (Å²) >= 11 is 0. The second kappa shape index (κ2) is 9.95. The topological polar surface area (TPSA) is 154 Å². The molecule has 1 amide bonds. The number of ether oxygens (including phenoxy) is 3. The van der Waals surface area contributed by atoms with Crippen LogP contribution in [0.4, 0.5) is 5.69 Å². The van der Waals surface area contributed by atoms with Crippen LogP contribution in [-0.2, 0) is 44.0 Å². The van der Waals surface area contributed by atoms with Crippen molar-refractivity contribution in [3.05, 3.63) is 76.7 Å². The summed E-state index contributed by atoms with van der Waals surface area (Å²) in [5.41, 5.74) is 4.36. The lowest BCUT2D eigenvalue weighted by Gasteiger charge is -2.36. The van der Waals surface area contributed by atoms with Crippen molar-refractivity contribution < 1.29 is 37.0 Å². The third-order valence-electron chi connectivity index (χ3n) is 6.89. The van der Waals surface area contributed by atoms with Gasteiger partial charge in [-0.1, -0.05) is 30.3 Å². The molecule has 3 aliphatic rings. The zero-order chi connectivity index (χ0) is 27.9. The summed E-state index contributed by atoms with van der Waals surface area (Å²) in [6.07, 6.45) is 0. The summed E-state index contributed by atoms with van der Waals surface area (Å²) in [7, 11) is -4.00. The van der Waals surface area contributed by atoms with E-state index in [0.29, 0.717) is 5.56 Å². The molecule has 1 spiro atoms. The molecular weight excluding hydrogens is 526 g/mol. The molecule has 5 rings (SSSR count). The van der Waals surface area contributed by atoms with E-state index >= 15 is 0 Å².